The van der Waals surface area contributed by atoms with E-state index >= 15 is 0 Å². The summed E-state index contributed by atoms with van der Waals surface area (Å²) in [6.07, 6.45) is 1.82. The van der Waals surface area contributed by atoms with Crippen molar-refractivity contribution in [1.29, 1.82) is 0 Å². The van der Waals surface area contributed by atoms with E-state index < -0.39 is 11.0 Å². The Labute approximate surface area is 200 Å². The number of hydrogen-bond acceptors (Lipinski definition) is 6. The molecule has 34 heavy (non-hydrogen) atoms. The second-order valence-electron chi connectivity index (χ2n) is 7.94. The van der Waals surface area contributed by atoms with E-state index in [-0.39, 0.29) is 41.6 Å². The van der Waals surface area contributed by atoms with Gasteiger partial charge in [0.25, 0.3) is 5.91 Å². The molecule has 0 spiro atoms. The summed E-state index contributed by atoms with van der Waals surface area (Å²) in [5, 5.41) is 14.1. The van der Waals surface area contributed by atoms with Gasteiger partial charge in [-0.2, -0.15) is 0 Å². The predicted octanol–water partition coefficient (Wildman–Crippen LogP) is 3.75. The number of nitro benzene ring substituents is 1. The maximum Gasteiger partial charge on any atom is 0.311 e. The largest absolute Gasteiger partial charge is 0.490 e. The molecule has 0 aliphatic carbocycles. The van der Waals surface area contributed by atoms with Crippen LogP contribution in [0.4, 0.5) is 5.69 Å². The Kier molecular flexibility index (Phi) is 10.3. The molecule has 0 radical (unpaired) electrons. The van der Waals surface area contributed by atoms with Crippen LogP contribution in [0.3, 0.4) is 0 Å². The van der Waals surface area contributed by atoms with Crippen LogP contribution in [-0.2, 0) is 16.0 Å². The van der Waals surface area contributed by atoms with Crippen molar-refractivity contribution >= 4 is 17.5 Å². The summed E-state index contributed by atoms with van der Waals surface area (Å²) in [4.78, 5) is 38.2. The highest BCUT2D eigenvalue weighted by atomic mass is 16.6. The molecule has 2 aromatic carbocycles. The zero-order chi connectivity index (χ0) is 25.1. The average Bonchev–Trinajstić information content (AvgIpc) is 2.85. The highest BCUT2D eigenvalue weighted by Gasteiger charge is 2.29. The lowest BCUT2D eigenvalue weighted by atomic mass is 10.1. The smallest absolute Gasteiger partial charge is 0.311 e. The molecule has 2 amide bonds. The zero-order valence-electron chi connectivity index (χ0n) is 20.2. The number of methoxy groups -OCH3 is 1. The summed E-state index contributed by atoms with van der Waals surface area (Å²) in [6.45, 7) is 5.80. The summed E-state index contributed by atoms with van der Waals surface area (Å²) in [6, 6.07) is 13.1. The van der Waals surface area contributed by atoms with Crippen molar-refractivity contribution in [2.45, 2.75) is 52.1 Å². The van der Waals surface area contributed by atoms with Crippen molar-refractivity contribution in [1.82, 2.24) is 10.2 Å². The number of nitrogens with zero attached hydrogens (tertiary/aromatic N) is 2. The van der Waals surface area contributed by atoms with E-state index in [2.05, 4.69) is 5.32 Å². The Hall–Kier alpha value is -3.62. The van der Waals surface area contributed by atoms with E-state index in [0.717, 1.165) is 12.0 Å². The quantitative estimate of drug-likeness (QED) is 0.352. The van der Waals surface area contributed by atoms with Gasteiger partial charge in [-0.15, -0.1) is 0 Å². The molecule has 0 heterocycles. The molecule has 184 valence electrons. The second kappa shape index (κ2) is 13.2. The Balaban J connectivity index is 2.18. The van der Waals surface area contributed by atoms with Crippen molar-refractivity contribution < 1.29 is 24.0 Å². The van der Waals surface area contributed by atoms with Gasteiger partial charge >= 0.3 is 5.69 Å². The topological polar surface area (TPSA) is 111 Å². The van der Waals surface area contributed by atoms with E-state index in [1.165, 1.54) is 25.3 Å². The first kappa shape index (κ1) is 26.6. The normalized spacial score (nSPS) is 12.4. The van der Waals surface area contributed by atoms with E-state index in [1.54, 1.807) is 4.90 Å². The Bertz CT molecular complexity index is 966. The molecule has 2 atom stereocenters. The lowest BCUT2D eigenvalue weighted by Gasteiger charge is -2.31. The third kappa shape index (κ3) is 7.47. The summed E-state index contributed by atoms with van der Waals surface area (Å²) >= 11 is 0. The van der Waals surface area contributed by atoms with Crippen LogP contribution in [0, 0.1) is 10.1 Å². The molecule has 0 bridgehead atoms. The number of rotatable bonds is 13. The maximum absolute atomic E-state index is 13.2. The van der Waals surface area contributed by atoms with Crippen LogP contribution in [0.15, 0.2) is 48.5 Å². The average molecular weight is 472 g/mol. The van der Waals surface area contributed by atoms with Gasteiger partial charge in [0.2, 0.25) is 11.7 Å². The second-order valence-corrected chi connectivity index (χ2v) is 7.94. The number of nitro groups is 1. The third-order valence-corrected chi connectivity index (χ3v) is 5.58. The Morgan fingerprint density at radius 1 is 1.12 bits per heavy atom. The molecular weight excluding hydrogens is 438 g/mol. The fraction of sp³-hybridized carbons (Fsp3) is 0.440. The lowest BCUT2D eigenvalue weighted by Crippen LogP contribution is -2.52. The van der Waals surface area contributed by atoms with Crippen molar-refractivity contribution in [3.05, 3.63) is 64.2 Å². The summed E-state index contributed by atoms with van der Waals surface area (Å²) in [7, 11) is 1.32. The first-order valence-electron chi connectivity index (χ1n) is 11.4. The first-order chi connectivity index (χ1) is 16.3. The fourth-order valence-corrected chi connectivity index (χ4v) is 3.46. The predicted molar refractivity (Wildman–Crippen MR) is 129 cm³/mol. The number of carbonyl (C=O) groups excluding carboxylic acids is 2. The third-order valence-electron chi connectivity index (χ3n) is 5.58. The van der Waals surface area contributed by atoms with Gasteiger partial charge < -0.3 is 19.7 Å². The van der Waals surface area contributed by atoms with Crippen LogP contribution in [0.5, 0.6) is 11.5 Å². The number of benzene rings is 2. The van der Waals surface area contributed by atoms with E-state index in [1.807, 2.05) is 51.1 Å². The molecule has 0 aliphatic rings. The molecular formula is C25H33N3O6. The fourth-order valence-electron chi connectivity index (χ4n) is 3.46. The van der Waals surface area contributed by atoms with Crippen molar-refractivity contribution in [2.75, 3.05) is 20.3 Å². The molecule has 2 aromatic rings. The van der Waals surface area contributed by atoms with Gasteiger partial charge in [0.05, 0.1) is 12.0 Å². The van der Waals surface area contributed by atoms with Gasteiger partial charge in [0.1, 0.15) is 11.8 Å². The van der Waals surface area contributed by atoms with Crippen molar-refractivity contribution in [3.63, 3.8) is 0 Å². The number of ether oxygens (including phenoxy) is 2. The van der Waals surface area contributed by atoms with Crippen molar-refractivity contribution in [3.8, 4) is 11.5 Å². The van der Waals surface area contributed by atoms with Gasteiger partial charge in [0, 0.05) is 24.7 Å². The van der Waals surface area contributed by atoms with Gasteiger partial charge in [0.15, 0.2) is 6.61 Å². The molecule has 2 rings (SSSR count). The van der Waals surface area contributed by atoms with Crippen LogP contribution in [0.25, 0.3) is 0 Å². The van der Waals surface area contributed by atoms with Gasteiger partial charge in [-0.3, -0.25) is 19.7 Å². The van der Waals surface area contributed by atoms with Crippen LogP contribution in [0.2, 0.25) is 0 Å². The highest BCUT2D eigenvalue weighted by Crippen LogP contribution is 2.30. The Morgan fingerprint density at radius 2 is 1.82 bits per heavy atom. The molecule has 2 unspecified atom stereocenters. The monoisotopic (exact) mass is 471 g/mol. The highest BCUT2D eigenvalue weighted by molar-refractivity contribution is 5.88. The van der Waals surface area contributed by atoms with Gasteiger partial charge in [-0.05, 0) is 37.8 Å². The van der Waals surface area contributed by atoms with Gasteiger partial charge in [-0.25, -0.2) is 0 Å². The Morgan fingerprint density at radius 3 is 2.41 bits per heavy atom. The van der Waals surface area contributed by atoms with E-state index in [9.17, 15) is 19.7 Å². The number of hydrogen-bond donors (Lipinski definition) is 1. The standard InChI is InChI=1S/C25H33N3O6/c1-5-18(3)26-25(30)21(6-2)27(15-14-19-10-8-7-9-11-19)24(29)17-34-20-12-13-22(28(31)32)23(16-20)33-4/h7-13,16,18,21H,5-6,14-15,17H2,1-4H3,(H,26,30). The lowest BCUT2D eigenvalue weighted by molar-refractivity contribution is -0.385. The van der Waals surface area contributed by atoms with E-state index in [4.69, 9.17) is 9.47 Å². The summed E-state index contributed by atoms with van der Waals surface area (Å²) in [5.41, 5.74) is 0.858. The van der Waals surface area contributed by atoms with Gasteiger partial charge in [-0.1, -0.05) is 44.2 Å². The van der Waals surface area contributed by atoms with Crippen LogP contribution < -0.4 is 14.8 Å². The first-order valence-corrected chi connectivity index (χ1v) is 11.4. The minimum absolute atomic E-state index is 0.00329. The number of amides is 2. The molecule has 0 aliphatic heterocycles. The molecule has 0 aromatic heterocycles. The van der Waals surface area contributed by atoms with Crippen LogP contribution in [0.1, 0.15) is 39.2 Å². The SMILES string of the molecule is CCC(C)NC(=O)C(CC)N(CCc1ccccc1)C(=O)COc1ccc([N+](=O)[O-])c(OC)c1. The molecule has 9 nitrogen and oxygen atoms in total. The number of nitrogens with one attached hydrogen (secondary N) is 1. The molecule has 0 saturated carbocycles. The molecule has 1 N–H and O–H groups in total. The zero-order valence-corrected chi connectivity index (χ0v) is 20.2. The maximum atomic E-state index is 13.2. The molecule has 9 heteroatoms. The van der Waals surface area contributed by atoms with E-state index in [0.29, 0.717) is 19.4 Å². The summed E-state index contributed by atoms with van der Waals surface area (Å²) in [5.74, 6) is -0.249. The minimum atomic E-state index is -0.639. The van der Waals surface area contributed by atoms with Crippen LogP contribution >= 0.6 is 0 Å². The van der Waals surface area contributed by atoms with Crippen molar-refractivity contribution in [2.24, 2.45) is 0 Å². The number of carbonyl (C=O) groups is 2. The minimum Gasteiger partial charge on any atom is -0.490 e. The van der Waals surface area contributed by atoms with Crippen LogP contribution in [-0.4, -0.2) is 54.0 Å². The summed E-state index contributed by atoms with van der Waals surface area (Å²) < 4.78 is 10.7. The molecule has 0 saturated heterocycles. The molecule has 0 fully saturated rings.